The van der Waals surface area contributed by atoms with Gasteiger partial charge in [0.1, 0.15) is 5.82 Å². The Morgan fingerprint density at radius 3 is 2.34 bits per heavy atom. The lowest BCUT2D eigenvalue weighted by Gasteiger charge is -2.42. The van der Waals surface area contributed by atoms with Gasteiger partial charge in [-0.25, -0.2) is 4.39 Å². The van der Waals surface area contributed by atoms with E-state index in [9.17, 15) is 9.18 Å². The molecule has 0 spiro atoms. The summed E-state index contributed by atoms with van der Waals surface area (Å²) in [5, 5.41) is 0. The van der Waals surface area contributed by atoms with Gasteiger partial charge in [0.25, 0.3) is 0 Å². The lowest BCUT2D eigenvalue weighted by molar-refractivity contribution is -0.136. The van der Waals surface area contributed by atoms with E-state index in [0.717, 1.165) is 32.2 Å². The molecule has 38 heavy (non-hydrogen) atoms. The first-order chi connectivity index (χ1) is 18.6. The average molecular weight is 509 g/mol. The Kier molecular flexibility index (Phi) is 7.16. The molecule has 1 amide bonds. The van der Waals surface area contributed by atoms with Crippen molar-refractivity contribution in [1.82, 2.24) is 9.80 Å². The van der Waals surface area contributed by atoms with Crippen LogP contribution in [0.2, 0.25) is 0 Å². The summed E-state index contributed by atoms with van der Waals surface area (Å²) in [6, 6.07) is 24.2. The maximum atomic E-state index is 14.8. The molecule has 0 aromatic heterocycles. The van der Waals surface area contributed by atoms with Gasteiger partial charge in [-0.15, -0.1) is 0 Å². The van der Waals surface area contributed by atoms with Crippen LogP contribution in [0.5, 0.6) is 0 Å². The number of benzene rings is 3. The molecule has 0 bridgehead atoms. The molecule has 4 heteroatoms. The van der Waals surface area contributed by atoms with E-state index < -0.39 is 0 Å². The van der Waals surface area contributed by atoms with Crippen LogP contribution in [0, 0.1) is 12.7 Å². The minimum absolute atomic E-state index is 0.0469. The fourth-order valence-corrected chi connectivity index (χ4v) is 6.93. The third kappa shape index (κ3) is 4.94. The molecule has 3 aliphatic rings. The average Bonchev–Trinajstić information content (AvgIpc) is 3.37. The SMILES string of the molecule is Cc1ccccc1[C@@H]1C2=C(CCCC2)CCN1CC(=O)N(Cc1ccccc1F)C1Cc2ccccc2C1. The Bertz CT molecular complexity index is 1340. The molecule has 3 nitrogen and oxygen atoms in total. The molecular weight excluding hydrogens is 471 g/mol. The number of hydrogen-bond donors (Lipinski definition) is 0. The molecule has 0 N–H and O–H groups in total. The van der Waals surface area contributed by atoms with Gasteiger partial charge in [0.15, 0.2) is 0 Å². The standard InChI is InChI=1S/C34H37FN2O/c1-24-10-2-7-15-30(24)34-31-16-8-5-11-25(31)18-19-36(34)23-33(38)37(22-28-14-6-9-17-32(28)35)29-20-26-12-3-4-13-27(26)21-29/h2-4,6-7,9-10,12-15,17,29,34H,5,8,11,16,18-23H2,1H3/t34-/m1/s1. The van der Waals surface area contributed by atoms with Gasteiger partial charge in [0, 0.05) is 24.7 Å². The van der Waals surface area contributed by atoms with Crippen LogP contribution in [0.1, 0.15) is 66.0 Å². The van der Waals surface area contributed by atoms with Gasteiger partial charge in [-0.05, 0) is 85.8 Å². The van der Waals surface area contributed by atoms with E-state index in [0.29, 0.717) is 18.7 Å². The van der Waals surface area contributed by atoms with Crippen LogP contribution >= 0.6 is 0 Å². The Balaban J connectivity index is 1.31. The number of aryl methyl sites for hydroxylation is 1. The molecule has 0 saturated carbocycles. The van der Waals surface area contributed by atoms with Gasteiger partial charge in [0.05, 0.1) is 12.6 Å². The highest BCUT2D eigenvalue weighted by molar-refractivity contribution is 5.79. The normalized spacial score (nSPS) is 19.8. The summed E-state index contributed by atoms with van der Waals surface area (Å²) in [5.41, 5.74) is 8.95. The van der Waals surface area contributed by atoms with Crippen molar-refractivity contribution < 1.29 is 9.18 Å². The lowest BCUT2D eigenvalue weighted by Crippen LogP contribution is -2.48. The van der Waals surface area contributed by atoms with Crippen LogP contribution in [0.3, 0.4) is 0 Å². The minimum atomic E-state index is -0.242. The second-order valence-corrected chi connectivity index (χ2v) is 11.3. The van der Waals surface area contributed by atoms with Crippen molar-refractivity contribution in [2.45, 2.75) is 70.5 Å². The lowest BCUT2D eigenvalue weighted by atomic mass is 9.79. The van der Waals surface area contributed by atoms with Gasteiger partial charge >= 0.3 is 0 Å². The summed E-state index contributed by atoms with van der Waals surface area (Å²) in [6.45, 7) is 3.74. The number of carbonyl (C=O) groups is 1. The van der Waals surface area contributed by atoms with Crippen molar-refractivity contribution >= 4 is 5.91 Å². The zero-order valence-electron chi connectivity index (χ0n) is 22.3. The first-order valence-electron chi connectivity index (χ1n) is 14.2. The number of amides is 1. The van der Waals surface area contributed by atoms with Gasteiger partial charge in [-0.3, -0.25) is 9.69 Å². The maximum absolute atomic E-state index is 14.8. The van der Waals surface area contributed by atoms with Gasteiger partial charge in [-0.1, -0.05) is 72.3 Å². The summed E-state index contributed by atoms with van der Waals surface area (Å²) in [7, 11) is 0. The van der Waals surface area contributed by atoms with Gasteiger partial charge in [-0.2, -0.15) is 0 Å². The Labute approximate surface area is 226 Å². The summed E-state index contributed by atoms with van der Waals surface area (Å²) >= 11 is 0. The summed E-state index contributed by atoms with van der Waals surface area (Å²) < 4.78 is 14.8. The quantitative estimate of drug-likeness (QED) is 0.337. The molecule has 0 unspecified atom stereocenters. The molecule has 3 aromatic carbocycles. The van der Waals surface area contributed by atoms with Crippen LogP contribution in [-0.2, 0) is 24.2 Å². The molecule has 0 radical (unpaired) electrons. The number of fused-ring (bicyclic) bond motifs is 1. The molecule has 2 aliphatic carbocycles. The van der Waals surface area contributed by atoms with Crippen LogP contribution in [0.4, 0.5) is 4.39 Å². The van der Waals surface area contributed by atoms with E-state index in [1.807, 2.05) is 17.0 Å². The van der Waals surface area contributed by atoms with Crippen molar-refractivity contribution in [2.24, 2.45) is 0 Å². The van der Waals surface area contributed by atoms with Gasteiger partial charge < -0.3 is 4.90 Å². The topological polar surface area (TPSA) is 23.6 Å². The fourth-order valence-electron chi connectivity index (χ4n) is 6.93. The molecular formula is C34H37FN2O. The molecule has 0 fully saturated rings. The van der Waals surface area contributed by atoms with E-state index in [2.05, 4.69) is 60.4 Å². The van der Waals surface area contributed by atoms with E-state index in [4.69, 9.17) is 0 Å². The molecule has 6 rings (SSSR count). The van der Waals surface area contributed by atoms with Crippen LogP contribution in [-0.4, -0.2) is 34.8 Å². The molecule has 0 saturated heterocycles. The predicted molar refractivity (Wildman–Crippen MR) is 150 cm³/mol. The van der Waals surface area contributed by atoms with Crippen molar-refractivity contribution in [3.63, 3.8) is 0 Å². The second-order valence-electron chi connectivity index (χ2n) is 11.3. The Morgan fingerprint density at radius 2 is 1.58 bits per heavy atom. The summed E-state index contributed by atoms with van der Waals surface area (Å²) in [5.74, 6) is -0.141. The van der Waals surface area contributed by atoms with Crippen LogP contribution < -0.4 is 0 Å². The number of halogens is 1. The third-order valence-corrected chi connectivity index (χ3v) is 8.94. The smallest absolute Gasteiger partial charge is 0.237 e. The molecule has 3 aromatic rings. The fraction of sp³-hybridized carbons (Fsp3) is 0.382. The molecule has 1 heterocycles. The van der Waals surface area contributed by atoms with Crippen LogP contribution in [0.15, 0.2) is 83.9 Å². The zero-order valence-corrected chi connectivity index (χ0v) is 22.3. The minimum Gasteiger partial charge on any atom is -0.333 e. The highest BCUT2D eigenvalue weighted by Gasteiger charge is 2.36. The summed E-state index contributed by atoms with van der Waals surface area (Å²) in [4.78, 5) is 18.6. The highest BCUT2D eigenvalue weighted by Crippen LogP contribution is 2.43. The zero-order chi connectivity index (χ0) is 26.1. The van der Waals surface area contributed by atoms with E-state index >= 15 is 0 Å². The van der Waals surface area contributed by atoms with E-state index in [1.165, 1.54) is 47.6 Å². The maximum Gasteiger partial charge on any atom is 0.237 e. The third-order valence-electron chi connectivity index (χ3n) is 8.94. The first kappa shape index (κ1) is 25.1. The highest BCUT2D eigenvalue weighted by atomic mass is 19.1. The van der Waals surface area contributed by atoms with E-state index in [1.54, 1.807) is 17.2 Å². The molecule has 196 valence electrons. The first-order valence-corrected chi connectivity index (χ1v) is 14.2. The van der Waals surface area contributed by atoms with Gasteiger partial charge in [0.2, 0.25) is 5.91 Å². The summed E-state index contributed by atoms with van der Waals surface area (Å²) in [6.07, 6.45) is 7.52. The molecule has 1 atom stereocenters. The second kappa shape index (κ2) is 10.9. The van der Waals surface area contributed by atoms with Crippen molar-refractivity contribution in [3.05, 3.63) is 118 Å². The predicted octanol–water partition coefficient (Wildman–Crippen LogP) is 6.95. The van der Waals surface area contributed by atoms with E-state index in [-0.39, 0.29) is 23.8 Å². The van der Waals surface area contributed by atoms with Crippen molar-refractivity contribution in [1.29, 1.82) is 0 Å². The Morgan fingerprint density at radius 1 is 0.895 bits per heavy atom. The largest absolute Gasteiger partial charge is 0.333 e. The molecule has 1 aliphatic heterocycles. The Hall–Kier alpha value is -3.24. The van der Waals surface area contributed by atoms with Crippen molar-refractivity contribution in [2.75, 3.05) is 13.1 Å². The number of carbonyl (C=O) groups excluding carboxylic acids is 1. The number of hydrogen-bond acceptors (Lipinski definition) is 2. The number of rotatable bonds is 6. The number of nitrogens with zero attached hydrogens (tertiary/aromatic N) is 2. The monoisotopic (exact) mass is 508 g/mol. The van der Waals surface area contributed by atoms with Crippen molar-refractivity contribution in [3.8, 4) is 0 Å². The van der Waals surface area contributed by atoms with Crippen LogP contribution in [0.25, 0.3) is 0 Å².